The van der Waals surface area contributed by atoms with Crippen molar-refractivity contribution in [3.8, 4) is 0 Å². The standard InChI is InChI=1S/C10H15N3O6/c1-19-9(17)3-2-7(14)12-4-6(11)10(18)13-5-8(15)16/h2-3,6H,4-5,11H2,1H3,(H,12,14)(H,13,18)(H,15,16)/b3-2-/t6-/m0/s1. The van der Waals surface area contributed by atoms with Gasteiger partial charge in [0.15, 0.2) is 0 Å². The molecule has 0 saturated heterocycles. The van der Waals surface area contributed by atoms with Gasteiger partial charge in [-0.05, 0) is 0 Å². The molecule has 0 fully saturated rings. The SMILES string of the molecule is COC(=O)/C=C\C(=O)NC[C@H](N)C(=O)NCC(=O)O. The van der Waals surface area contributed by atoms with Crippen LogP contribution in [-0.4, -0.2) is 55.1 Å². The summed E-state index contributed by atoms with van der Waals surface area (Å²) in [5.41, 5.74) is 5.40. The summed E-state index contributed by atoms with van der Waals surface area (Å²) in [6.07, 6.45) is 1.83. The molecule has 0 aromatic rings. The number of carbonyl (C=O) groups excluding carboxylic acids is 3. The van der Waals surface area contributed by atoms with E-state index < -0.39 is 36.3 Å². The average molecular weight is 273 g/mol. The van der Waals surface area contributed by atoms with Gasteiger partial charge < -0.3 is 26.2 Å². The first-order chi connectivity index (χ1) is 8.86. The summed E-state index contributed by atoms with van der Waals surface area (Å²) < 4.78 is 4.27. The highest BCUT2D eigenvalue weighted by molar-refractivity contribution is 5.95. The Morgan fingerprint density at radius 1 is 1.26 bits per heavy atom. The van der Waals surface area contributed by atoms with Crippen LogP contribution in [0.1, 0.15) is 0 Å². The summed E-state index contributed by atoms with van der Waals surface area (Å²) >= 11 is 0. The fraction of sp³-hybridized carbons (Fsp3) is 0.400. The first kappa shape index (κ1) is 16.6. The van der Waals surface area contributed by atoms with E-state index in [-0.39, 0.29) is 6.54 Å². The van der Waals surface area contributed by atoms with Gasteiger partial charge in [-0.3, -0.25) is 14.4 Å². The van der Waals surface area contributed by atoms with Gasteiger partial charge >= 0.3 is 11.9 Å². The number of carbonyl (C=O) groups is 4. The predicted molar refractivity (Wildman–Crippen MR) is 62.8 cm³/mol. The molecular formula is C10H15N3O6. The van der Waals surface area contributed by atoms with Gasteiger partial charge in [-0.25, -0.2) is 4.79 Å². The van der Waals surface area contributed by atoms with E-state index in [1.165, 1.54) is 0 Å². The highest BCUT2D eigenvalue weighted by Crippen LogP contribution is 1.81. The van der Waals surface area contributed by atoms with E-state index in [0.717, 1.165) is 19.3 Å². The van der Waals surface area contributed by atoms with E-state index in [1.54, 1.807) is 0 Å². The second kappa shape index (κ2) is 8.64. The van der Waals surface area contributed by atoms with Gasteiger partial charge in [-0.2, -0.15) is 0 Å². The monoisotopic (exact) mass is 273 g/mol. The number of carboxylic acid groups (broad SMARTS) is 1. The minimum Gasteiger partial charge on any atom is -0.480 e. The molecule has 0 saturated carbocycles. The van der Waals surface area contributed by atoms with E-state index in [4.69, 9.17) is 10.8 Å². The number of ether oxygens (including phenoxy) is 1. The smallest absolute Gasteiger partial charge is 0.330 e. The highest BCUT2D eigenvalue weighted by atomic mass is 16.5. The molecule has 0 aromatic heterocycles. The minimum atomic E-state index is -1.20. The Labute approximate surface area is 108 Å². The fourth-order valence-corrected chi connectivity index (χ4v) is 0.868. The van der Waals surface area contributed by atoms with Crippen molar-refractivity contribution in [3.63, 3.8) is 0 Å². The van der Waals surface area contributed by atoms with Crippen LogP contribution >= 0.6 is 0 Å². The number of esters is 1. The van der Waals surface area contributed by atoms with E-state index >= 15 is 0 Å². The normalized spacial score (nSPS) is 11.7. The molecule has 0 bridgehead atoms. The molecule has 2 amide bonds. The summed E-state index contributed by atoms with van der Waals surface area (Å²) in [4.78, 5) is 43.3. The lowest BCUT2D eigenvalue weighted by Crippen LogP contribution is -2.48. The highest BCUT2D eigenvalue weighted by Gasteiger charge is 2.14. The fourth-order valence-electron chi connectivity index (χ4n) is 0.868. The van der Waals surface area contributed by atoms with Crippen LogP contribution in [0.2, 0.25) is 0 Å². The molecule has 0 aliphatic heterocycles. The average Bonchev–Trinajstić information content (AvgIpc) is 2.38. The van der Waals surface area contributed by atoms with Crippen LogP contribution in [0.25, 0.3) is 0 Å². The second-order valence-electron chi connectivity index (χ2n) is 3.32. The van der Waals surface area contributed by atoms with Crippen molar-refractivity contribution >= 4 is 23.8 Å². The zero-order valence-corrected chi connectivity index (χ0v) is 10.2. The van der Waals surface area contributed by atoms with Crippen LogP contribution in [-0.2, 0) is 23.9 Å². The van der Waals surface area contributed by atoms with E-state index in [1.807, 2.05) is 0 Å². The van der Waals surface area contributed by atoms with Crippen LogP contribution in [0.15, 0.2) is 12.2 Å². The van der Waals surface area contributed by atoms with Gasteiger partial charge in [0.1, 0.15) is 12.6 Å². The largest absolute Gasteiger partial charge is 0.480 e. The van der Waals surface area contributed by atoms with Gasteiger partial charge in [-0.1, -0.05) is 0 Å². The molecule has 0 heterocycles. The van der Waals surface area contributed by atoms with Gasteiger partial charge in [0.2, 0.25) is 11.8 Å². The van der Waals surface area contributed by atoms with Gasteiger partial charge in [0.05, 0.1) is 7.11 Å². The number of rotatable bonds is 7. The molecule has 0 aliphatic rings. The molecule has 19 heavy (non-hydrogen) atoms. The van der Waals surface area contributed by atoms with Crippen LogP contribution in [0.5, 0.6) is 0 Å². The zero-order chi connectivity index (χ0) is 14.8. The number of aliphatic carboxylic acids is 1. The quantitative estimate of drug-likeness (QED) is 0.292. The van der Waals surface area contributed by atoms with E-state index in [9.17, 15) is 19.2 Å². The zero-order valence-electron chi connectivity index (χ0n) is 10.2. The number of carboxylic acids is 1. The summed E-state index contributed by atoms with van der Waals surface area (Å²) in [5, 5.41) is 12.7. The van der Waals surface area contributed by atoms with Crippen molar-refractivity contribution in [3.05, 3.63) is 12.2 Å². The first-order valence-electron chi connectivity index (χ1n) is 5.15. The second-order valence-corrected chi connectivity index (χ2v) is 3.32. The van der Waals surface area contributed by atoms with Crippen LogP contribution in [0, 0.1) is 0 Å². The third-order valence-corrected chi connectivity index (χ3v) is 1.82. The Balaban J connectivity index is 4.01. The van der Waals surface area contributed by atoms with Crippen LogP contribution in [0.4, 0.5) is 0 Å². The molecule has 5 N–H and O–H groups in total. The molecule has 1 atom stereocenters. The van der Waals surface area contributed by atoms with Crippen LogP contribution < -0.4 is 16.4 Å². The van der Waals surface area contributed by atoms with Crippen molar-refractivity contribution in [2.45, 2.75) is 6.04 Å². The molecule has 0 radical (unpaired) electrons. The molecule has 9 nitrogen and oxygen atoms in total. The summed E-state index contributed by atoms with van der Waals surface area (Å²) in [7, 11) is 1.16. The molecule has 9 heteroatoms. The van der Waals surface area contributed by atoms with E-state index in [2.05, 4.69) is 15.4 Å². The van der Waals surface area contributed by atoms with Crippen molar-refractivity contribution in [2.24, 2.45) is 5.73 Å². The van der Waals surface area contributed by atoms with Crippen molar-refractivity contribution in [1.29, 1.82) is 0 Å². The molecule has 0 spiro atoms. The molecular weight excluding hydrogens is 258 g/mol. The van der Waals surface area contributed by atoms with Crippen molar-refractivity contribution in [1.82, 2.24) is 10.6 Å². The summed E-state index contributed by atoms with van der Waals surface area (Å²) in [6, 6.07) is -1.09. The maximum absolute atomic E-state index is 11.2. The predicted octanol–water partition coefficient (Wildman–Crippen LogP) is -2.64. The Morgan fingerprint density at radius 3 is 2.42 bits per heavy atom. The van der Waals surface area contributed by atoms with Gasteiger partial charge in [-0.15, -0.1) is 0 Å². The molecule has 0 rings (SSSR count). The molecule has 0 aromatic carbocycles. The third kappa shape index (κ3) is 8.32. The number of nitrogens with one attached hydrogen (secondary N) is 2. The minimum absolute atomic E-state index is 0.199. The lowest BCUT2D eigenvalue weighted by Gasteiger charge is -2.11. The lowest BCUT2D eigenvalue weighted by atomic mass is 10.3. The third-order valence-electron chi connectivity index (χ3n) is 1.82. The van der Waals surface area contributed by atoms with Crippen LogP contribution in [0.3, 0.4) is 0 Å². The van der Waals surface area contributed by atoms with Crippen molar-refractivity contribution < 1.29 is 29.0 Å². The maximum Gasteiger partial charge on any atom is 0.330 e. The topological polar surface area (TPSA) is 148 Å². The number of amides is 2. The maximum atomic E-state index is 11.2. The Kier molecular flexibility index (Phi) is 7.54. The number of methoxy groups -OCH3 is 1. The lowest BCUT2D eigenvalue weighted by molar-refractivity contribution is -0.138. The summed E-state index contributed by atoms with van der Waals surface area (Å²) in [5.74, 6) is -3.24. The Bertz CT molecular complexity index is 393. The Morgan fingerprint density at radius 2 is 1.89 bits per heavy atom. The summed E-state index contributed by atoms with van der Waals surface area (Å²) in [6.45, 7) is -0.751. The first-order valence-corrected chi connectivity index (χ1v) is 5.15. The Hall–Kier alpha value is -2.42. The van der Waals surface area contributed by atoms with E-state index in [0.29, 0.717) is 0 Å². The number of nitrogens with two attached hydrogens (primary N) is 1. The van der Waals surface area contributed by atoms with Gasteiger partial charge in [0, 0.05) is 18.7 Å². The van der Waals surface area contributed by atoms with Crippen molar-refractivity contribution in [2.75, 3.05) is 20.2 Å². The molecule has 106 valence electrons. The molecule has 0 unspecified atom stereocenters. The van der Waals surface area contributed by atoms with Gasteiger partial charge in [0.25, 0.3) is 0 Å². The number of hydrogen-bond donors (Lipinski definition) is 4. The molecule has 0 aliphatic carbocycles. The number of hydrogen-bond acceptors (Lipinski definition) is 6.